The first-order valence-electron chi connectivity index (χ1n) is 5.51. The van der Waals surface area contributed by atoms with E-state index in [1.54, 1.807) is 12.1 Å². The number of nitrogens with two attached hydrogens (primary N) is 1. The van der Waals surface area contributed by atoms with Crippen molar-refractivity contribution in [3.63, 3.8) is 0 Å². The van der Waals surface area contributed by atoms with Gasteiger partial charge in [0.05, 0.1) is 23.8 Å². The van der Waals surface area contributed by atoms with Gasteiger partial charge in [0.1, 0.15) is 5.75 Å². The Balaban J connectivity index is 2.50. The van der Waals surface area contributed by atoms with Gasteiger partial charge in [0.2, 0.25) is 11.8 Å². The fraction of sp³-hybridized carbons (Fsp3) is 0.333. The highest BCUT2D eigenvalue weighted by Crippen LogP contribution is 2.23. The molecule has 98 valence electrons. The first kappa shape index (κ1) is 14.4. The fourth-order valence-corrected chi connectivity index (χ4v) is 1.84. The number of para-hydroxylation sites is 2. The molecule has 0 aliphatic carbocycles. The van der Waals surface area contributed by atoms with Crippen LogP contribution in [0.4, 0.5) is 5.69 Å². The van der Waals surface area contributed by atoms with Gasteiger partial charge in [-0.1, -0.05) is 12.1 Å². The highest BCUT2D eigenvalue weighted by atomic mass is 32.2. The predicted octanol–water partition coefficient (Wildman–Crippen LogP) is 1.24. The number of ether oxygens (including phenoxy) is 1. The molecule has 5 nitrogen and oxygen atoms in total. The van der Waals surface area contributed by atoms with E-state index in [-0.39, 0.29) is 17.4 Å². The Hall–Kier alpha value is -1.69. The van der Waals surface area contributed by atoms with Crippen molar-refractivity contribution in [3.8, 4) is 5.75 Å². The summed E-state index contributed by atoms with van der Waals surface area (Å²) in [6.07, 6.45) is 0. The first-order valence-corrected chi connectivity index (χ1v) is 6.66. The lowest BCUT2D eigenvalue weighted by Crippen LogP contribution is -2.18. The zero-order chi connectivity index (χ0) is 13.4. The summed E-state index contributed by atoms with van der Waals surface area (Å²) < 4.78 is 5.38. The molecule has 3 N–H and O–H groups in total. The summed E-state index contributed by atoms with van der Waals surface area (Å²) in [5.41, 5.74) is 5.61. The summed E-state index contributed by atoms with van der Waals surface area (Å²) in [5.74, 6) is 0.341. The number of carbonyl (C=O) groups is 2. The monoisotopic (exact) mass is 268 g/mol. The molecule has 0 aliphatic heterocycles. The number of amides is 2. The number of hydrogen-bond donors (Lipinski definition) is 2. The molecular weight excluding hydrogens is 252 g/mol. The van der Waals surface area contributed by atoms with E-state index in [1.165, 1.54) is 11.8 Å². The van der Waals surface area contributed by atoms with Gasteiger partial charge in [0, 0.05) is 0 Å². The van der Waals surface area contributed by atoms with Crippen molar-refractivity contribution in [1.29, 1.82) is 0 Å². The predicted molar refractivity (Wildman–Crippen MR) is 72.8 cm³/mol. The third-order valence-electron chi connectivity index (χ3n) is 1.94. The van der Waals surface area contributed by atoms with Crippen molar-refractivity contribution in [2.45, 2.75) is 6.92 Å². The number of thioether (sulfide) groups is 1. The second-order valence-electron chi connectivity index (χ2n) is 3.44. The Morgan fingerprint density at radius 2 is 2.06 bits per heavy atom. The minimum absolute atomic E-state index is 0.139. The lowest BCUT2D eigenvalue weighted by molar-refractivity contribution is -0.115. The third kappa shape index (κ3) is 5.09. The van der Waals surface area contributed by atoms with Crippen LogP contribution in [0, 0.1) is 0 Å². The fourth-order valence-electron chi connectivity index (χ4n) is 1.28. The molecule has 0 saturated carbocycles. The van der Waals surface area contributed by atoms with E-state index in [1.807, 2.05) is 19.1 Å². The van der Waals surface area contributed by atoms with Gasteiger partial charge in [-0.15, -0.1) is 11.8 Å². The maximum Gasteiger partial charge on any atom is 0.234 e. The molecule has 18 heavy (non-hydrogen) atoms. The highest BCUT2D eigenvalue weighted by molar-refractivity contribution is 8.00. The molecule has 6 heteroatoms. The second kappa shape index (κ2) is 7.60. The standard InChI is InChI=1S/C12H16N2O3S/c1-2-17-10-6-4-3-5-9(10)14-12(16)8-18-7-11(13)15/h3-6H,2,7-8H2,1H3,(H2,13,15)(H,14,16). The van der Waals surface area contributed by atoms with Crippen LogP contribution < -0.4 is 15.8 Å². The van der Waals surface area contributed by atoms with Crippen LogP contribution in [0.3, 0.4) is 0 Å². The number of primary amides is 1. The molecule has 2 amide bonds. The number of hydrogen-bond acceptors (Lipinski definition) is 4. The highest BCUT2D eigenvalue weighted by Gasteiger charge is 2.07. The van der Waals surface area contributed by atoms with E-state index < -0.39 is 5.91 Å². The molecular formula is C12H16N2O3S. The summed E-state index contributed by atoms with van der Waals surface area (Å²) in [5, 5.41) is 2.73. The Labute approximate surface area is 110 Å². The smallest absolute Gasteiger partial charge is 0.234 e. The maximum atomic E-state index is 11.6. The molecule has 0 radical (unpaired) electrons. The number of carbonyl (C=O) groups excluding carboxylic acids is 2. The maximum absolute atomic E-state index is 11.6. The van der Waals surface area contributed by atoms with Gasteiger partial charge < -0.3 is 15.8 Å². The third-order valence-corrected chi connectivity index (χ3v) is 2.89. The van der Waals surface area contributed by atoms with Crippen LogP contribution in [-0.4, -0.2) is 29.9 Å². The molecule has 1 aromatic carbocycles. The summed E-state index contributed by atoms with van der Waals surface area (Å²) in [6, 6.07) is 7.20. The van der Waals surface area contributed by atoms with Gasteiger partial charge in [-0.05, 0) is 19.1 Å². The van der Waals surface area contributed by atoms with Gasteiger partial charge in [-0.2, -0.15) is 0 Å². The summed E-state index contributed by atoms with van der Waals surface area (Å²) in [6.45, 7) is 2.41. The Kier molecular flexibility index (Phi) is 6.07. The van der Waals surface area contributed by atoms with Gasteiger partial charge in [0.25, 0.3) is 0 Å². The Morgan fingerprint density at radius 1 is 1.33 bits per heavy atom. The topological polar surface area (TPSA) is 81.4 Å². The van der Waals surface area contributed by atoms with Crippen molar-refractivity contribution >= 4 is 29.3 Å². The van der Waals surface area contributed by atoms with Crippen LogP contribution in [0.15, 0.2) is 24.3 Å². The molecule has 0 saturated heterocycles. The quantitative estimate of drug-likeness (QED) is 0.779. The van der Waals surface area contributed by atoms with E-state index in [0.29, 0.717) is 18.0 Å². The molecule has 0 unspecified atom stereocenters. The lowest BCUT2D eigenvalue weighted by atomic mass is 10.3. The summed E-state index contributed by atoms with van der Waals surface area (Å²) in [7, 11) is 0. The van der Waals surface area contributed by atoms with Crippen molar-refractivity contribution in [2.24, 2.45) is 5.73 Å². The first-order chi connectivity index (χ1) is 8.63. The molecule has 0 spiro atoms. The molecule has 0 bridgehead atoms. The van der Waals surface area contributed by atoms with Crippen molar-refractivity contribution in [3.05, 3.63) is 24.3 Å². The van der Waals surface area contributed by atoms with E-state index in [4.69, 9.17) is 10.5 Å². The Bertz CT molecular complexity index is 424. The van der Waals surface area contributed by atoms with Gasteiger partial charge in [-0.3, -0.25) is 9.59 Å². The zero-order valence-corrected chi connectivity index (χ0v) is 11.0. The molecule has 1 aromatic rings. The zero-order valence-electron chi connectivity index (χ0n) is 10.1. The number of benzene rings is 1. The minimum Gasteiger partial charge on any atom is -0.492 e. The summed E-state index contributed by atoms with van der Waals surface area (Å²) >= 11 is 1.18. The number of anilines is 1. The molecule has 0 aromatic heterocycles. The van der Waals surface area contributed by atoms with Crippen LogP contribution in [0.1, 0.15) is 6.92 Å². The van der Waals surface area contributed by atoms with Crippen LogP contribution in [-0.2, 0) is 9.59 Å². The molecule has 0 atom stereocenters. The van der Waals surface area contributed by atoms with Crippen molar-refractivity contribution < 1.29 is 14.3 Å². The lowest BCUT2D eigenvalue weighted by Gasteiger charge is -2.10. The van der Waals surface area contributed by atoms with E-state index in [2.05, 4.69) is 5.32 Å². The SMILES string of the molecule is CCOc1ccccc1NC(=O)CSCC(N)=O. The molecule has 0 aliphatic rings. The average Bonchev–Trinajstić information content (AvgIpc) is 2.31. The van der Waals surface area contributed by atoms with Crippen LogP contribution in [0.2, 0.25) is 0 Å². The van der Waals surface area contributed by atoms with Crippen LogP contribution >= 0.6 is 11.8 Å². The van der Waals surface area contributed by atoms with Gasteiger partial charge in [-0.25, -0.2) is 0 Å². The normalized spacial score (nSPS) is 9.83. The van der Waals surface area contributed by atoms with E-state index in [0.717, 1.165) is 0 Å². The molecule has 1 rings (SSSR count). The van der Waals surface area contributed by atoms with Crippen LogP contribution in [0.25, 0.3) is 0 Å². The van der Waals surface area contributed by atoms with Crippen molar-refractivity contribution in [1.82, 2.24) is 0 Å². The van der Waals surface area contributed by atoms with Gasteiger partial charge >= 0.3 is 0 Å². The Morgan fingerprint density at radius 3 is 2.72 bits per heavy atom. The number of rotatable bonds is 7. The second-order valence-corrected chi connectivity index (χ2v) is 4.42. The van der Waals surface area contributed by atoms with Crippen molar-refractivity contribution in [2.75, 3.05) is 23.4 Å². The van der Waals surface area contributed by atoms with E-state index in [9.17, 15) is 9.59 Å². The molecule has 0 heterocycles. The number of nitrogens with one attached hydrogen (secondary N) is 1. The summed E-state index contributed by atoms with van der Waals surface area (Å²) in [4.78, 5) is 22.1. The van der Waals surface area contributed by atoms with E-state index >= 15 is 0 Å². The largest absolute Gasteiger partial charge is 0.492 e. The van der Waals surface area contributed by atoms with Gasteiger partial charge in [0.15, 0.2) is 0 Å². The average molecular weight is 268 g/mol. The molecule has 0 fully saturated rings. The minimum atomic E-state index is -0.428. The van der Waals surface area contributed by atoms with Crippen LogP contribution in [0.5, 0.6) is 5.75 Å².